The van der Waals surface area contributed by atoms with Crippen LogP contribution < -0.4 is 0 Å². The van der Waals surface area contributed by atoms with E-state index in [-0.39, 0.29) is 5.78 Å². The fourth-order valence-electron chi connectivity index (χ4n) is 1.21. The molecule has 1 aliphatic rings. The van der Waals surface area contributed by atoms with E-state index in [9.17, 15) is 9.90 Å². The molecule has 1 fully saturated rings. The standard InChI is InChI=1S/C9H16O2/c1-6(10)9(2,3)8(11)7-4-5-7/h7-8,11H,4-5H2,1-3H3. The largest absolute Gasteiger partial charge is 0.392 e. The smallest absolute Gasteiger partial charge is 0.138 e. The summed E-state index contributed by atoms with van der Waals surface area (Å²) < 4.78 is 0. The Kier molecular flexibility index (Phi) is 2.06. The van der Waals surface area contributed by atoms with Gasteiger partial charge in [0.25, 0.3) is 0 Å². The van der Waals surface area contributed by atoms with E-state index in [0.717, 1.165) is 12.8 Å². The average molecular weight is 156 g/mol. The molecule has 1 saturated carbocycles. The molecule has 0 amide bonds. The van der Waals surface area contributed by atoms with E-state index in [1.165, 1.54) is 0 Å². The lowest BCUT2D eigenvalue weighted by Crippen LogP contribution is -2.37. The first-order valence-electron chi connectivity index (χ1n) is 4.15. The van der Waals surface area contributed by atoms with Crippen LogP contribution in [-0.2, 0) is 4.79 Å². The molecule has 2 nitrogen and oxygen atoms in total. The van der Waals surface area contributed by atoms with Crippen LogP contribution in [0.5, 0.6) is 0 Å². The van der Waals surface area contributed by atoms with E-state index in [4.69, 9.17) is 0 Å². The fraction of sp³-hybridized carbons (Fsp3) is 0.889. The highest BCUT2D eigenvalue weighted by molar-refractivity contribution is 5.82. The molecule has 1 unspecified atom stereocenters. The molecule has 1 atom stereocenters. The second kappa shape index (κ2) is 2.59. The van der Waals surface area contributed by atoms with Gasteiger partial charge in [-0.1, -0.05) is 13.8 Å². The highest BCUT2D eigenvalue weighted by atomic mass is 16.3. The molecular formula is C9H16O2. The summed E-state index contributed by atoms with van der Waals surface area (Å²) in [6.07, 6.45) is 1.73. The molecule has 0 bridgehead atoms. The molecule has 0 aromatic rings. The molecule has 2 heteroatoms. The van der Waals surface area contributed by atoms with Crippen LogP contribution in [0.1, 0.15) is 33.6 Å². The Balaban J connectivity index is 2.61. The Morgan fingerprint density at radius 3 is 2.27 bits per heavy atom. The van der Waals surface area contributed by atoms with Crippen molar-refractivity contribution in [2.45, 2.75) is 39.7 Å². The minimum absolute atomic E-state index is 0.0805. The molecule has 0 saturated heterocycles. The summed E-state index contributed by atoms with van der Waals surface area (Å²) in [5.74, 6) is 0.464. The molecule has 0 radical (unpaired) electrons. The molecule has 11 heavy (non-hydrogen) atoms. The molecule has 0 aliphatic heterocycles. The van der Waals surface area contributed by atoms with Crippen LogP contribution in [0.2, 0.25) is 0 Å². The van der Waals surface area contributed by atoms with Gasteiger partial charge in [0.15, 0.2) is 0 Å². The van der Waals surface area contributed by atoms with Gasteiger partial charge >= 0.3 is 0 Å². The molecule has 0 spiro atoms. The van der Waals surface area contributed by atoms with Crippen molar-refractivity contribution in [3.05, 3.63) is 0 Å². The number of carbonyl (C=O) groups excluding carboxylic acids is 1. The maximum absolute atomic E-state index is 11.1. The minimum Gasteiger partial charge on any atom is -0.392 e. The number of aliphatic hydroxyl groups is 1. The second-order valence-electron chi connectivity index (χ2n) is 4.06. The zero-order chi connectivity index (χ0) is 8.65. The summed E-state index contributed by atoms with van der Waals surface area (Å²) in [7, 11) is 0. The SMILES string of the molecule is CC(=O)C(C)(C)C(O)C1CC1. The van der Waals surface area contributed by atoms with Gasteiger partial charge in [0.1, 0.15) is 5.78 Å². The van der Waals surface area contributed by atoms with E-state index in [2.05, 4.69) is 0 Å². The molecule has 64 valence electrons. The van der Waals surface area contributed by atoms with Crippen LogP contribution in [-0.4, -0.2) is 17.0 Å². The van der Waals surface area contributed by atoms with Gasteiger partial charge in [0, 0.05) is 5.41 Å². The van der Waals surface area contributed by atoms with Gasteiger partial charge in [-0.05, 0) is 25.7 Å². The molecule has 1 aliphatic carbocycles. The van der Waals surface area contributed by atoms with Crippen LogP contribution in [0.3, 0.4) is 0 Å². The van der Waals surface area contributed by atoms with Crippen LogP contribution in [0.25, 0.3) is 0 Å². The number of aliphatic hydroxyl groups excluding tert-OH is 1. The lowest BCUT2D eigenvalue weighted by molar-refractivity contribution is -0.131. The van der Waals surface area contributed by atoms with Gasteiger partial charge in [-0.3, -0.25) is 4.79 Å². The summed E-state index contributed by atoms with van der Waals surface area (Å²) in [6, 6.07) is 0. The quantitative estimate of drug-likeness (QED) is 0.670. The van der Waals surface area contributed by atoms with Crippen molar-refractivity contribution in [1.82, 2.24) is 0 Å². The van der Waals surface area contributed by atoms with Gasteiger partial charge in [0.05, 0.1) is 6.10 Å². The Morgan fingerprint density at radius 2 is 2.00 bits per heavy atom. The maximum atomic E-state index is 11.1. The lowest BCUT2D eigenvalue weighted by atomic mass is 9.80. The van der Waals surface area contributed by atoms with Gasteiger partial charge in [-0.25, -0.2) is 0 Å². The molecule has 0 heterocycles. The zero-order valence-corrected chi connectivity index (χ0v) is 7.42. The lowest BCUT2D eigenvalue weighted by Gasteiger charge is -2.27. The van der Waals surface area contributed by atoms with Crippen molar-refractivity contribution < 1.29 is 9.90 Å². The first kappa shape index (κ1) is 8.72. The predicted octanol–water partition coefficient (Wildman–Crippen LogP) is 1.37. The average Bonchev–Trinajstić information content (AvgIpc) is 2.66. The molecule has 1 rings (SSSR count). The predicted molar refractivity (Wildman–Crippen MR) is 43.2 cm³/mol. The maximum Gasteiger partial charge on any atom is 0.138 e. The van der Waals surface area contributed by atoms with Crippen molar-refractivity contribution >= 4 is 5.78 Å². The minimum atomic E-state index is -0.541. The second-order valence-corrected chi connectivity index (χ2v) is 4.06. The van der Waals surface area contributed by atoms with Crippen LogP contribution >= 0.6 is 0 Å². The highest BCUT2D eigenvalue weighted by Crippen LogP contribution is 2.40. The Bertz CT molecular complexity index is 168. The summed E-state index contributed by atoms with van der Waals surface area (Å²) >= 11 is 0. The molecule has 0 aromatic heterocycles. The normalized spacial score (nSPS) is 21.5. The van der Waals surface area contributed by atoms with E-state index in [1.54, 1.807) is 6.92 Å². The van der Waals surface area contributed by atoms with Gasteiger partial charge < -0.3 is 5.11 Å². The van der Waals surface area contributed by atoms with E-state index in [1.807, 2.05) is 13.8 Å². The number of carbonyl (C=O) groups is 1. The first-order valence-corrected chi connectivity index (χ1v) is 4.15. The topological polar surface area (TPSA) is 37.3 Å². The van der Waals surface area contributed by atoms with Crippen molar-refractivity contribution in [2.75, 3.05) is 0 Å². The summed E-state index contributed by atoms with van der Waals surface area (Å²) in [5.41, 5.74) is -0.541. The van der Waals surface area contributed by atoms with Gasteiger partial charge in [-0.15, -0.1) is 0 Å². The molecule has 0 aromatic carbocycles. The van der Waals surface area contributed by atoms with Crippen LogP contribution in [0, 0.1) is 11.3 Å². The molecular weight excluding hydrogens is 140 g/mol. The fourth-order valence-corrected chi connectivity index (χ4v) is 1.21. The first-order chi connectivity index (χ1) is 4.96. The summed E-state index contributed by atoms with van der Waals surface area (Å²) in [5, 5.41) is 9.67. The summed E-state index contributed by atoms with van der Waals surface area (Å²) in [4.78, 5) is 11.1. The Morgan fingerprint density at radius 1 is 1.55 bits per heavy atom. The third kappa shape index (κ3) is 1.62. The number of hydrogen-bond acceptors (Lipinski definition) is 2. The zero-order valence-electron chi connectivity index (χ0n) is 7.42. The Hall–Kier alpha value is -0.370. The van der Waals surface area contributed by atoms with Crippen molar-refractivity contribution in [1.29, 1.82) is 0 Å². The number of hydrogen-bond donors (Lipinski definition) is 1. The van der Waals surface area contributed by atoms with Crippen molar-refractivity contribution in [3.8, 4) is 0 Å². The van der Waals surface area contributed by atoms with E-state index in [0.29, 0.717) is 5.92 Å². The van der Waals surface area contributed by atoms with Crippen molar-refractivity contribution in [3.63, 3.8) is 0 Å². The van der Waals surface area contributed by atoms with Crippen LogP contribution in [0.4, 0.5) is 0 Å². The third-order valence-corrected chi connectivity index (χ3v) is 2.72. The van der Waals surface area contributed by atoms with Crippen molar-refractivity contribution in [2.24, 2.45) is 11.3 Å². The third-order valence-electron chi connectivity index (χ3n) is 2.72. The van der Waals surface area contributed by atoms with E-state index < -0.39 is 11.5 Å². The van der Waals surface area contributed by atoms with Gasteiger partial charge in [-0.2, -0.15) is 0 Å². The Labute approximate surface area is 67.6 Å². The van der Waals surface area contributed by atoms with E-state index >= 15 is 0 Å². The number of rotatable bonds is 3. The summed E-state index contributed by atoms with van der Waals surface area (Å²) in [6.45, 7) is 5.18. The van der Waals surface area contributed by atoms with Crippen LogP contribution in [0.15, 0.2) is 0 Å². The van der Waals surface area contributed by atoms with Gasteiger partial charge in [0.2, 0.25) is 0 Å². The number of Topliss-reactive ketones (excluding diaryl/α,β-unsaturated/α-hetero) is 1. The molecule has 1 N–H and O–H groups in total. The monoisotopic (exact) mass is 156 g/mol. The number of ketones is 1. The highest BCUT2D eigenvalue weighted by Gasteiger charge is 2.42.